The van der Waals surface area contributed by atoms with Gasteiger partial charge in [-0.1, -0.05) is 163 Å². The summed E-state index contributed by atoms with van der Waals surface area (Å²) in [5.41, 5.74) is 0. The van der Waals surface area contributed by atoms with Crippen LogP contribution in [0.15, 0.2) is 121 Å². The average Bonchev–Trinajstić information content (AvgIpc) is 3.02. The van der Waals surface area contributed by atoms with Crippen molar-refractivity contribution in [2.24, 2.45) is 0 Å². The van der Waals surface area contributed by atoms with Gasteiger partial charge in [-0.2, -0.15) is 0 Å². The molecule has 0 aliphatic rings. The molecule has 4 rings (SSSR count). The molecule has 0 amide bonds. The quantitative estimate of drug-likeness (QED) is 0.121. The van der Waals surface area contributed by atoms with Gasteiger partial charge in [0.15, 0.2) is 0 Å². The van der Waals surface area contributed by atoms with Crippen molar-refractivity contribution in [2.75, 3.05) is 13.2 Å². The summed E-state index contributed by atoms with van der Waals surface area (Å²) < 4.78 is 14.1. The molecule has 0 saturated carbocycles. The van der Waals surface area contributed by atoms with E-state index >= 15 is 0 Å². The third-order valence-electron chi connectivity index (χ3n) is 8.83. The highest BCUT2D eigenvalue weighted by Gasteiger charge is 2.51. The van der Waals surface area contributed by atoms with Crippen molar-refractivity contribution in [2.45, 2.75) is 83.4 Å². The lowest BCUT2D eigenvalue weighted by atomic mass is 10.1. The van der Waals surface area contributed by atoms with Gasteiger partial charge in [0.05, 0.1) is 6.10 Å². The van der Waals surface area contributed by atoms with Crippen molar-refractivity contribution in [3.63, 3.8) is 0 Å². The Morgan fingerprint density at radius 2 is 0.727 bits per heavy atom. The Morgan fingerprint density at radius 3 is 0.955 bits per heavy atom. The minimum absolute atomic E-state index is 0.0490. The van der Waals surface area contributed by atoms with E-state index in [0.29, 0.717) is 13.2 Å². The van der Waals surface area contributed by atoms with Crippen molar-refractivity contribution >= 4 is 37.4 Å². The molecule has 0 aliphatic heterocycles. The van der Waals surface area contributed by atoms with Crippen LogP contribution in [0.4, 0.5) is 0 Å². The molecule has 0 spiro atoms. The summed E-state index contributed by atoms with van der Waals surface area (Å²) >= 11 is 0. The molecule has 0 bridgehead atoms. The van der Waals surface area contributed by atoms with Gasteiger partial charge in [-0.25, -0.2) is 0 Å². The molecule has 3 nitrogen and oxygen atoms in total. The second-order valence-electron chi connectivity index (χ2n) is 14.0. The Bertz CT molecular complexity index is 1190. The van der Waals surface area contributed by atoms with Crippen molar-refractivity contribution in [3.8, 4) is 0 Å². The molecule has 0 fully saturated rings. The Morgan fingerprint density at radius 1 is 0.477 bits per heavy atom. The fourth-order valence-corrected chi connectivity index (χ4v) is 16.0. The normalized spacial score (nSPS) is 12.9. The number of aliphatic hydroxyl groups is 1. The first kappa shape index (κ1) is 34.1. The molecular weight excluding hydrogens is 573 g/mol. The smallest absolute Gasteiger partial charge is 0.261 e. The number of benzene rings is 4. The molecule has 0 heterocycles. The molecule has 0 aromatic heterocycles. The molecule has 4 aromatic rings. The molecule has 234 valence electrons. The van der Waals surface area contributed by atoms with Crippen LogP contribution in [0.1, 0.15) is 67.2 Å². The van der Waals surface area contributed by atoms with Crippen LogP contribution in [-0.4, -0.2) is 41.1 Å². The monoisotopic (exact) mass is 624 g/mol. The maximum Gasteiger partial charge on any atom is 0.261 e. The van der Waals surface area contributed by atoms with E-state index in [1.165, 1.54) is 20.7 Å². The number of hydrogen-bond acceptors (Lipinski definition) is 3. The standard InChI is InChI=1S/C39H52O3Si2/c1-38(2,3)43(34-23-11-7-12-24-34,35-25-13-8-14-26-35)41-31-19-21-33(40)22-20-32-42-44(39(4,5)6,36-27-15-9-16-28-36)37-29-17-10-18-30-37/h7-18,23-30,33,40H,19-22,31-32H2,1-6H3. The van der Waals surface area contributed by atoms with Crippen LogP contribution in [0.25, 0.3) is 0 Å². The first-order valence-corrected chi connectivity index (χ1v) is 20.0. The Labute approximate surface area is 268 Å². The zero-order chi connectivity index (χ0) is 31.7. The highest BCUT2D eigenvalue weighted by molar-refractivity contribution is 7.00. The number of rotatable bonds is 14. The first-order valence-electron chi connectivity index (χ1n) is 16.2. The van der Waals surface area contributed by atoms with Gasteiger partial charge in [0.2, 0.25) is 0 Å². The Balaban J connectivity index is 1.39. The summed E-state index contributed by atoms with van der Waals surface area (Å²) in [5, 5.41) is 16.1. The van der Waals surface area contributed by atoms with Gasteiger partial charge in [0.25, 0.3) is 16.6 Å². The van der Waals surface area contributed by atoms with E-state index in [2.05, 4.69) is 163 Å². The third kappa shape index (κ3) is 7.52. The summed E-state index contributed by atoms with van der Waals surface area (Å²) in [7, 11) is -5.11. The summed E-state index contributed by atoms with van der Waals surface area (Å²) in [4.78, 5) is 0. The van der Waals surface area contributed by atoms with Gasteiger partial charge in [-0.05, 0) is 56.5 Å². The summed E-state index contributed by atoms with van der Waals surface area (Å²) in [6.45, 7) is 15.1. The van der Waals surface area contributed by atoms with E-state index in [0.717, 1.165) is 25.7 Å². The van der Waals surface area contributed by atoms with E-state index in [9.17, 15) is 5.11 Å². The number of hydrogen-bond donors (Lipinski definition) is 1. The van der Waals surface area contributed by atoms with E-state index in [1.807, 2.05) is 0 Å². The van der Waals surface area contributed by atoms with Gasteiger partial charge >= 0.3 is 0 Å². The lowest BCUT2D eigenvalue weighted by Gasteiger charge is -2.43. The van der Waals surface area contributed by atoms with Crippen LogP contribution in [0, 0.1) is 0 Å². The molecule has 0 aliphatic carbocycles. The molecule has 0 radical (unpaired) electrons. The molecular formula is C39H52O3Si2. The van der Waals surface area contributed by atoms with Crippen LogP contribution < -0.4 is 20.7 Å². The summed E-state index contributed by atoms with van der Waals surface area (Å²) in [6.07, 6.45) is 2.71. The van der Waals surface area contributed by atoms with Crippen LogP contribution in [-0.2, 0) is 8.85 Å². The summed E-state index contributed by atoms with van der Waals surface area (Å²) in [6, 6.07) is 43.1. The van der Waals surface area contributed by atoms with Gasteiger partial charge in [0.1, 0.15) is 0 Å². The molecule has 5 heteroatoms. The van der Waals surface area contributed by atoms with Gasteiger partial charge < -0.3 is 14.0 Å². The fourth-order valence-electron chi connectivity index (χ4n) is 6.76. The maximum absolute atomic E-state index is 11.0. The zero-order valence-corrected chi connectivity index (χ0v) is 29.6. The van der Waals surface area contributed by atoms with Crippen LogP contribution >= 0.6 is 0 Å². The Kier molecular flexibility index (Phi) is 11.6. The third-order valence-corrected chi connectivity index (χ3v) is 18.9. The van der Waals surface area contributed by atoms with Gasteiger partial charge in [-0.15, -0.1) is 0 Å². The Hall–Kier alpha value is -2.81. The van der Waals surface area contributed by atoms with E-state index < -0.39 is 16.6 Å². The van der Waals surface area contributed by atoms with Gasteiger partial charge in [0, 0.05) is 13.2 Å². The highest BCUT2D eigenvalue weighted by Crippen LogP contribution is 2.38. The molecule has 0 saturated heterocycles. The predicted octanol–water partition coefficient (Wildman–Crippen LogP) is 7.06. The van der Waals surface area contributed by atoms with Gasteiger partial charge in [-0.3, -0.25) is 0 Å². The van der Waals surface area contributed by atoms with Crippen molar-refractivity contribution < 1.29 is 14.0 Å². The zero-order valence-electron chi connectivity index (χ0n) is 27.6. The fraction of sp³-hybridized carbons (Fsp3) is 0.385. The largest absolute Gasteiger partial charge is 0.407 e. The minimum atomic E-state index is -2.55. The topological polar surface area (TPSA) is 38.7 Å². The van der Waals surface area contributed by atoms with E-state index in [-0.39, 0.29) is 16.2 Å². The average molecular weight is 625 g/mol. The van der Waals surface area contributed by atoms with E-state index in [1.54, 1.807) is 0 Å². The molecule has 1 N–H and O–H groups in total. The van der Waals surface area contributed by atoms with Crippen molar-refractivity contribution in [3.05, 3.63) is 121 Å². The van der Waals surface area contributed by atoms with Crippen LogP contribution in [0.5, 0.6) is 0 Å². The number of aliphatic hydroxyl groups excluding tert-OH is 1. The van der Waals surface area contributed by atoms with E-state index in [4.69, 9.17) is 8.85 Å². The molecule has 0 atom stereocenters. The first-order chi connectivity index (χ1) is 21.0. The molecule has 4 aromatic carbocycles. The van der Waals surface area contributed by atoms with Crippen LogP contribution in [0.3, 0.4) is 0 Å². The second-order valence-corrected chi connectivity index (χ2v) is 22.6. The minimum Gasteiger partial charge on any atom is -0.407 e. The van der Waals surface area contributed by atoms with Crippen molar-refractivity contribution in [1.29, 1.82) is 0 Å². The maximum atomic E-state index is 11.0. The molecule has 44 heavy (non-hydrogen) atoms. The molecule has 0 unspecified atom stereocenters. The second kappa shape index (κ2) is 15.0. The van der Waals surface area contributed by atoms with Crippen molar-refractivity contribution in [1.82, 2.24) is 0 Å². The lowest BCUT2D eigenvalue weighted by Crippen LogP contribution is -2.66. The predicted molar refractivity (Wildman–Crippen MR) is 192 cm³/mol. The highest BCUT2D eigenvalue weighted by atomic mass is 28.4. The summed E-state index contributed by atoms with van der Waals surface area (Å²) in [5.74, 6) is 0. The lowest BCUT2D eigenvalue weighted by molar-refractivity contribution is 0.132. The van der Waals surface area contributed by atoms with Crippen LogP contribution in [0.2, 0.25) is 10.1 Å². The SMILES string of the molecule is CC(C)(C)[Si](OCCCC(O)CCCO[Si](c1ccccc1)(c1ccccc1)C(C)(C)C)(c1ccccc1)c1ccccc1.